The largest absolute Gasteiger partial charge is 0.309 e. The van der Waals surface area contributed by atoms with E-state index in [1.807, 2.05) is 0 Å². The molecule has 1 N–H and O–H groups in total. The maximum absolute atomic E-state index is 5.83. The Bertz CT molecular complexity index is 334. The van der Waals surface area contributed by atoms with Crippen molar-refractivity contribution in [3.8, 4) is 0 Å². The van der Waals surface area contributed by atoms with Gasteiger partial charge >= 0.3 is 0 Å². The van der Waals surface area contributed by atoms with Crippen molar-refractivity contribution in [3.63, 3.8) is 0 Å². The van der Waals surface area contributed by atoms with Crippen molar-refractivity contribution in [2.75, 3.05) is 26.2 Å². The van der Waals surface area contributed by atoms with Crippen LogP contribution < -0.4 is 5.32 Å². The average molecular weight is 274 g/mol. The van der Waals surface area contributed by atoms with Crippen LogP contribution in [0.2, 0.25) is 4.34 Å². The zero-order valence-corrected chi connectivity index (χ0v) is 11.9. The molecule has 0 aliphatic carbocycles. The molecule has 0 amide bonds. The van der Waals surface area contributed by atoms with Crippen molar-refractivity contribution in [1.82, 2.24) is 15.2 Å². The molecule has 2 heterocycles. The lowest BCUT2D eigenvalue weighted by Gasteiger charge is -2.30. The minimum absolute atomic E-state index is 0.770. The summed E-state index contributed by atoms with van der Waals surface area (Å²) in [5, 5.41) is 4.49. The summed E-state index contributed by atoms with van der Waals surface area (Å²) >= 11 is 7.38. The van der Waals surface area contributed by atoms with Gasteiger partial charge in [0, 0.05) is 19.6 Å². The van der Waals surface area contributed by atoms with Gasteiger partial charge in [0.05, 0.1) is 6.20 Å². The Morgan fingerprint density at radius 3 is 2.94 bits per heavy atom. The molecule has 0 unspecified atom stereocenters. The second kappa shape index (κ2) is 6.69. The van der Waals surface area contributed by atoms with E-state index in [0.717, 1.165) is 34.9 Å². The Morgan fingerprint density at radius 1 is 1.53 bits per heavy atom. The third-order valence-electron chi connectivity index (χ3n) is 3.28. The molecule has 1 aliphatic rings. The lowest BCUT2D eigenvalue weighted by molar-refractivity contribution is 0.193. The lowest BCUT2D eigenvalue weighted by Crippen LogP contribution is -2.37. The van der Waals surface area contributed by atoms with Crippen LogP contribution in [0.3, 0.4) is 0 Å². The van der Waals surface area contributed by atoms with E-state index >= 15 is 0 Å². The van der Waals surface area contributed by atoms with E-state index in [1.54, 1.807) is 17.5 Å². The topological polar surface area (TPSA) is 28.2 Å². The average Bonchev–Trinajstić information content (AvgIpc) is 2.73. The van der Waals surface area contributed by atoms with Gasteiger partial charge in [-0.15, -0.1) is 11.3 Å². The molecule has 1 aromatic heterocycles. The number of hydrogen-bond donors (Lipinski definition) is 1. The summed E-state index contributed by atoms with van der Waals surface area (Å²) in [6.45, 7) is 7.87. The summed E-state index contributed by atoms with van der Waals surface area (Å²) in [4.78, 5) is 6.76. The Morgan fingerprint density at radius 2 is 2.29 bits per heavy atom. The lowest BCUT2D eigenvalue weighted by atomic mass is 9.99. The summed E-state index contributed by atoms with van der Waals surface area (Å²) in [6.07, 6.45) is 4.42. The van der Waals surface area contributed by atoms with Gasteiger partial charge in [0.25, 0.3) is 0 Å². The van der Waals surface area contributed by atoms with Gasteiger partial charge in [-0.2, -0.15) is 0 Å². The molecule has 2 rings (SSSR count). The summed E-state index contributed by atoms with van der Waals surface area (Å²) in [5.41, 5.74) is 0. The van der Waals surface area contributed by atoms with Gasteiger partial charge in [-0.25, -0.2) is 4.98 Å². The van der Waals surface area contributed by atoms with Crippen molar-refractivity contribution < 1.29 is 0 Å². The van der Waals surface area contributed by atoms with Crippen molar-refractivity contribution in [1.29, 1.82) is 0 Å². The molecule has 0 atom stereocenters. The molecule has 1 aromatic rings. The Kier molecular flexibility index (Phi) is 5.22. The van der Waals surface area contributed by atoms with E-state index in [4.69, 9.17) is 11.6 Å². The minimum atomic E-state index is 0.770. The third-order valence-corrected chi connectivity index (χ3v) is 4.40. The molecule has 5 heteroatoms. The number of nitrogens with zero attached hydrogens (tertiary/aromatic N) is 2. The molecule has 1 fully saturated rings. The number of likely N-dealkylation sites (tertiary alicyclic amines) is 1. The molecular weight excluding hydrogens is 254 g/mol. The summed E-state index contributed by atoms with van der Waals surface area (Å²) in [7, 11) is 0. The molecule has 0 saturated carbocycles. The van der Waals surface area contributed by atoms with Crippen LogP contribution in [0.4, 0.5) is 0 Å². The number of halogens is 1. The molecule has 1 saturated heterocycles. The fraction of sp³-hybridized carbons (Fsp3) is 0.750. The second-order valence-electron chi connectivity index (χ2n) is 4.76. The Labute approximate surface area is 112 Å². The highest BCUT2D eigenvalue weighted by atomic mass is 35.5. The molecule has 1 aliphatic heterocycles. The first-order valence-corrected chi connectivity index (χ1v) is 7.47. The first kappa shape index (κ1) is 13.3. The zero-order chi connectivity index (χ0) is 12.1. The van der Waals surface area contributed by atoms with Crippen LogP contribution in [0.15, 0.2) is 6.20 Å². The highest BCUT2D eigenvalue weighted by molar-refractivity contribution is 7.15. The third kappa shape index (κ3) is 4.54. The van der Waals surface area contributed by atoms with E-state index in [9.17, 15) is 0 Å². The molecule has 0 radical (unpaired) electrons. The fourth-order valence-corrected chi connectivity index (χ4v) is 3.01. The number of thiazole rings is 1. The fourth-order valence-electron chi connectivity index (χ4n) is 2.09. The van der Waals surface area contributed by atoms with E-state index in [2.05, 4.69) is 22.1 Å². The van der Waals surface area contributed by atoms with Crippen LogP contribution in [-0.2, 0) is 6.54 Å². The van der Waals surface area contributed by atoms with Crippen molar-refractivity contribution >= 4 is 22.9 Å². The molecule has 3 nitrogen and oxygen atoms in total. The van der Waals surface area contributed by atoms with Gasteiger partial charge in [-0.3, -0.25) is 0 Å². The predicted molar refractivity (Wildman–Crippen MR) is 73.7 cm³/mol. The number of nitrogens with one attached hydrogen (secondary N) is 1. The summed E-state index contributed by atoms with van der Waals surface area (Å²) in [5.74, 6) is 0.914. The van der Waals surface area contributed by atoms with Crippen LogP contribution in [-0.4, -0.2) is 36.1 Å². The van der Waals surface area contributed by atoms with E-state index in [-0.39, 0.29) is 0 Å². The standard InChI is InChI=1S/C12H20ClN3S/c1-10-2-5-16(6-3-10)7-4-14-9-12-15-8-11(13)17-12/h8,10,14H,2-7,9H2,1H3. The van der Waals surface area contributed by atoms with E-state index in [0.29, 0.717) is 0 Å². The number of rotatable bonds is 5. The summed E-state index contributed by atoms with van der Waals surface area (Å²) in [6, 6.07) is 0. The van der Waals surface area contributed by atoms with Gasteiger partial charge < -0.3 is 10.2 Å². The highest BCUT2D eigenvalue weighted by Gasteiger charge is 2.14. The van der Waals surface area contributed by atoms with Gasteiger partial charge in [-0.1, -0.05) is 18.5 Å². The van der Waals surface area contributed by atoms with Crippen LogP contribution in [0.5, 0.6) is 0 Å². The summed E-state index contributed by atoms with van der Waals surface area (Å²) < 4.78 is 0.770. The van der Waals surface area contributed by atoms with Crippen molar-refractivity contribution in [3.05, 3.63) is 15.5 Å². The highest BCUT2D eigenvalue weighted by Crippen LogP contribution is 2.18. The molecule has 0 aromatic carbocycles. The SMILES string of the molecule is CC1CCN(CCNCc2ncc(Cl)s2)CC1. The maximum Gasteiger partial charge on any atom is 0.113 e. The monoisotopic (exact) mass is 273 g/mol. The van der Waals surface area contributed by atoms with Gasteiger partial charge in [0.1, 0.15) is 9.34 Å². The van der Waals surface area contributed by atoms with Gasteiger partial charge in [0.2, 0.25) is 0 Å². The maximum atomic E-state index is 5.83. The number of hydrogen-bond acceptors (Lipinski definition) is 4. The first-order valence-electron chi connectivity index (χ1n) is 6.27. The molecule has 17 heavy (non-hydrogen) atoms. The van der Waals surface area contributed by atoms with Crippen LogP contribution in [0, 0.1) is 5.92 Å². The minimum Gasteiger partial charge on any atom is -0.309 e. The molecule has 96 valence electrons. The van der Waals surface area contributed by atoms with Crippen LogP contribution in [0.1, 0.15) is 24.8 Å². The molecular formula is C12H20ClN3S. The predicted octanol–water partition coefficient (Wildman–Crippen LogP) is 2.62. The van der Waals surface area contributed by atoms with Crippen molar-refractivity contribution in [2.24, 2.45) is 5.92 Å². The molecule has 0 bridgehead atoms. The second-order valence-corrected chi connectivity index (χ2v) is 6.51. The van der Waals surface area contributed by atoms with Gasteiger partial charge in [0.15, 0.2) is 0 Å². The Balaban J connectivity index is 1.57. The molecule has 0 spiro atoms. The van der Waals surface area contributed by atoms with E-state index < -0.39 is 0 Å². The normalized spacial score (nSPS) is 18.7. The quantitative estimate of drug-likeness (QED) is 0.836. The Hall–Kier alpha value is -0.160. The number of piperidine rings is 1. The van der Waals surface area contributed by atoms with Gasteiger partial charge in [-0.05, 0) is 31.8 Å². The smallest absolute Gasteiger partial charge is 0.113 e. The van der Waals surface area contributed by atoms with Crippen LogP contribution >= 0.6 is 22.9 Å². The van der Waals surface area contributed by atoms with Crippen LogP contribution in [0.25, 0.3) is 0 Å². The number of aromatic nitrogens is 1. The van der Waals surface area contributed by atoms with Crippen molar-refractivity contribution in [2.45, 2.75) is 26.3 Å². The first-order chi connectivity index (χ1) is 8.24. The zero-order valence-electron chi connectivity index (χ0n) is 10.3. The van der Waals surface area contributed by atoms with E-state index in [1.165, 1.54) is 25.9 Å².